The van der Waals surface area contributed by atoms with Crippen LogP contribution in [0.25, 0.3) is 5.69 Å². The van der Waals surface area contributed by atoms with Crippen LogP contribution in [0.15, 0.2) is 61.2 Å². The van der Waals surface area contributed by atoms with Crippen molar-refractivity contribution in [3.05, 3.63) is 72.6 Å². The van der Waals surface area contributed by atoms with Gasteiger partial charge in [0.25, 0.3) is 0 Å². The molecule has 1 aliphatic heterocycles. The summed E-state index contributed by atoms with van der Waals surface area (Å²) >= 11 is 0. The fraction of sp³-hybridized carbons (Fsp3) is 0.333. The second-order valence-corrected chi connectivity index (χ2v) is 6.83. The van der Waals surface area contributed by atoms with Gasteiger partial charge in [0.05, 0.1) is 13.7 Å². The molecule has 27 heavy (non-hydrogen) atoms. The summed E-state index contributed by atoms with van der Waals surface area (Å²) in [6.45, 7) is 6.07. The van der Waals surface area contributed by atoms with Crippen LogP contribution in [0.3, 0.4) is 0 Å². The van der Waals surface area contributed by atoms with Gasteiger partial charge in [-0.2, -0.15) is 0 Å². The summed E-state index contributed by atoms with van der Waals surface area (Å²) in [6, 6.07) is 12.2. The molecule has 2 aromatic heterocycles. The first-order valence-electron chi connectivity index (χ1n) is 9.32. The molecule has 0 amide bonds. The zero-order valence-corrected chi connectivity index (χ0v) is 15.7. The van der Waals surface area contributed by atoms with Gasteiger partial charge in [-0.3, -0.25) is 14.8 Å². The summed E-state index contributed by atoms with van der Waals surface area (Å²) in [5.41, 5.74) is 2.39. The third-order valence-electron chi connectivity index (χ3n) is 5.03. The molecule has 6 heteroatoms. The van der Waals surface area contributed by atoms with Gasteiger partial charge in [-0.05, 0) is 35.9 Å². The van der Waals surface area contributed by atoms with Crippen molar-refractivity contribution in [1.29, 1.82) is 0 Å². The highest BCUT2D eigenvalue weighted by atomic mass is 16.5. The van der Waals surface area contributed by atoms with Gasteiger partial charge >= 0.3 is 0 Å². The lowest BCUT2D eigenvalue weighted by atomic mass is 10.2. The highest BCUT2D eigenvalue weighted by Crippen LogP contribution is 2.18. The van der Waals surface area contributed by atoms with Gasteiger partial charge in [-0.1, -0.05) is 6.07 Å². The largest absolute Gasteiger partial charge is 0.497 e. The SMILES string of the molecule is COc1ccc(-n2ccnc2CN2CCN(Cc3cccnc3)CC2)cc1. The minimum atomic E-state index is 0.861. The van der Waals surface area contributed by atoms with E-state index < -0.39 is 0 Å². The Morgan fingerprint density at radius 3 is 2.33 bits per heavy atom. The monoisotopic (exact) mass is 363 g/mol. The van der Waals surface area contributed by atoms with Crippen molar-refractivity contribution in [3.8, 4) is 11.4 Å². The second kappa shape index (κ2) is 8.33. The number of pyridine rings is 1. The lowest BCUT2D eigenvalue weighted by molar-refractivity contribution is 0.119. The number of piperazine rings is 1. The van der Waals surface area contributed by atoms with Crippen molar-refractivity contribution in [3.63, 3.8) is 0 Å². The van der Waals surface area contributed by atoms with Crippen LogP contribution in [-0.2, 0) is 13.1 Å². The van der Waals surface area contributed by atoms with E-state index in [2.05, 4.69) is 42.5 Å². The molecule has 0 aliphatic carbocycles. The number of hydrogen-bond donors (Lipinski definition) is 0. The van der Waals surface area contributed by atoms with E-state index in [1.807, 2.05) is 43.0 Å². The lowest BCUT2D eigenvalue weighted by Gasteiger charge is -2.34. The Bertz CT molecular complexity index is 839. The fourth-order valence-electron chi connectivity index (χ4n) is 3.48. The van der Waals surface area contributed by atoms with Gasteiger partial charge in [0.2, 0.25) is 0 Å². The number of hydrogen-bond acceptors (Lipinski definition) is 5. The first-order chi connectivity index (χ1) is 13.3. The topological polar surface area (TPSA) is 46.4 Å². The van der Waals surface area contributed by atoms with E-state index in [-0.39, 0.29) is 0 Å². The molecule has 0 saturated carbocycles. The normalized spacial score (nSPS) is 15.7. The average molecular weight is 363 g/mol. The highest BCUT2D eigenvalue weighted by Gasteiger charge is 2.19. The second-order valence-electron chi connectivity index (χ2n) is 6.83. The number of rotatable bonds is 6. The minimum Gasteiger partial charge on any atom is -0.497 e. The average Bonchev–Trinajstić information content (AvgIpc) is 3.18. The third-order valence-corrected chi connectivity index (χ3v) is 5.03. The van der Waals surface area contributed by atoms with Crippen LogP contribution in [0.4, 0.5) is 0 Å². The first-order valence-corrected chi connectivity index (χ1v) is 9.32. The summed E-state index contributed by atoms with van der Waals surface area (Å²) in [5, 5.41) is 0. The molecular formula is C21H25N5O. The maximum Gasteiger partial charge on any atom is 0.127 e. The first kappa shape index (κ1) is 17.7. The zero-order valence-electron chi connectivity index (χ0n) is 15.7. The van der Waals surface area contributed by atoms with Crippen LogP contribution < -0.4 is 4.74 Å². The molecule has 1 aliphatic rings. The highest BCUT2D eigenvalue weighted by molar-refractivity contribution is 5.38. The Hall–Kier alpha value is -2.70. The molecule has 0 N–H and O–H groups in total. The molecule has 0 bridgehead atoms. The number of benzene rings is 1. The predicted molar refractivity (Wildman–Crippen MR) is 105 cm³/mol. The number of aromatic nitrogens is 3. The smallest absolute Gasteiger partial charge is 0.127 e. The van der Waals surface area contributed by atoms with Crippen LogP contribution in [0.2, 0.25) is 0 Å². The quantitative estimate of drug-likeness (QED) is 0.674. The molecule has 0 spiro atoms. The summed E-state index contributed by atoms with van der Waals surface area (Å²) in [7, 11) is 1.69. The summed E-state index contributed by atoms with van der Waals surface area (Å²) < 4.78 is 7.40. The van der Waals surface area contributed by atoms with Gasteiger partial charge in [-0.25, -0.2) is 4.98 Å². The maximum atomic E-state index is 5.25. The molecule has 1 saturated heterocycles. The molecule has 0 radical (unpaired) electrons. The van der Waals surface area contributed by atoms with Crippen LogP contribution in [-0.4, -0.2) is 57.6 Å². The van der Waals surface area contributed by atoms with Gasteiger partial charge in [0, 0.05) is 63.2 Å². The molecular weight excluding hydrogens is 338 g/mol. The molecule has 4 rings (SSSR count). The molecule has 3 heterocycles. The minimum absolute atomic E-state index is 0.861. The van der Waals surface area contributed by atoms with Gasteiger partial charge in [-0.15, -0.1) is 0 Å². The molecule has 3 aromatic rings. The van der Waals surface area contributed by atoms with E-state index >= 15 is 0 Å². The van der Waals surface area contributed by atoms with Gasteiger partial charge < -0.3 is 9.30 Å². The maximum absolute atomic E-state index is 5.25. The number of nitrogens with zero attached hydrogens (tertiary/aromatic N) is 5. The third kappa shape index (κ3) is 4.35. The molecule has 6 nitrogen and oxygen atoms in total. The van der Waals surface area contributed by atoms with E-state index in [0.29, 0.717) is 0 Å². The summed E-state index contributed by atoms with van der Waals surface area (Å²) in [6.07, 6.45) is 7.68. The van der Waals surface area contributed by atoms with Gasteiger partial charge in [0.1, 0.15) is 11.6 Å². The van der Waals surface area contributed by atoms with Crippen molar-refractivity contribution in [2.24, 2.45) is 0 Å². The Morgan fingerprint density at radius 1 is 0.926 bits per heavy atom. The van der Waals surface area contributed by atoms with Crippen molar-refractivity contribution in [2.45, 2.75) is 13.1 Å². The van der Waals surface area contributed by atoms with Crippen molar-refractivity contribution >= 4 is 0 Å². The Morgan fingerprint density at radius 2 is 1.67 bits per heavy atom. The standard InChI is InChI=1S/C21H25N5O/c1-27-20-6-4-19(5-7-20)26-10-9-23-21(26)17-25-13-11-24(12-14-25)16-18-3-2-8-22-15-18/h2-10,15H,11-14,16-17H2,1H3. The van der Waals surface area contributed by atoms with Crippen LogP contribution in [0, 0.1) is 0 Å². The van der Waals surface area contributed by atoms with Crippen LogP contribution in [0.1, 0.15) is 11.4 Å². The molecule has 1 aromatic carbocycles. The van der Waals surface area contributed by atoms with Crippen LogP contribution >= 0.6 is 0 Å². The Kier molecular flexibility index (Phi) is 5.46. The summed E-state index contributed by atoms with van der Waals surface area (Å²) in [5.74, 6) is 1.94. The number of ether oxygens (including phenoxy) is 1. The van der Waals surface area contributed by atoms with Crippen molar-refractivity contribution < 1.29 is 4.74 Å². The van der Waals surface area contributed by atoms with Crippen molar-refractivity contribution in [1.82, 2.24) is 24.3 Å². The molecule has 0 unspecified atom stereocenters. The van der Waals surface area contributed by atoms with E-state index in [0.717, 1.165) is 56.5 Å². The number of methoxy groups -OCH3 is 1. The Balaban J connectivity index is 1.35. The lowest BCUT2D eigenvalue weighted by Crippen LogP contribution is -2.45. The van der Waals surface area contributed by atoms with E-state index in [1.165, 1.54) is 5.56 Å². The van der Waals surface area contributed by atoms with Crippen LogP contribution in [0.5, 0.6) is 5.75 Å². The fourth-order valence-corrected chi connectivity index (χ4v) is 3.48. The van der Waals surface area contributed by atoms with Crippen molar-refractivity contribution in [2.75, 3.05) is 33.3 Å². The molecule has 0 atom stereocenters. The van der Waals surface area contributed by atoms with E-state index in [1.54, 1.807) is 7.11 Å². The predicted octanol–water partition coefficient (Wildman–Crippen LogP) is 2.59. The zero-order chi connectivity index (χ0) is 18.5. The van der Waals surface area contributed by atoms with Gasteiger partial charge in [0.15, 0.2) is 0 Å². The number of imidazole rings is 1. The summed E-state index contributed by atoms with van der Waals surface area (Å²) in [4.78, 5) is 13.8. The Labute approximate surface area is 160 Å². The molecule has 1 fully saturated rings. The molecule has 140 valence electrons. The van der Waals surface area contributed by atoms with E-state index in [9.17, 15) is 0 Å². The van der Waals surface area contributed by atoms with E-state index in [4.69, 9.17) is 4.74 Å².